The van der Waals surface area contributed by atoms with E-state index < -0.39 is 5.97 Å². The van der Waals surface area contributed by atoms with Crippen LogP contribution in [-0.4, -0.2) is 32.1 Å². The molecule has 3 N–H and O–H groups in total. The van der Waals surface area contributed by atoms with Crippen LogP contribution in [0.5, 0.6) is 5.75 Å². The Bertz CT molecular complexity index is 614. The molecule has 1 fully saturated rings. The largest absolute Gasteiger partial charge is 0.506 e. The molecule has 3 rings (SSSR count). The van der Waals surface area contributed by atoms with E-state index in [1.807, 2.05) is 0 Å². The molecule has 6 heteroatoms. The van der Waals surface area contributed by atoms with Crippen LogP contribution in [0, 0.1) is 0 Å². The fourth-order valence-corrected chi connectivity index (χ4v) is 2.44. The van der Waals surface area contributed by atoms with Crippen LogP contribution < -0.4 is 5.32 Å². The van der Waals surface area contributed by atoms with Crippen molar-refractivity contribution in [3.8, 4) is 5.75 Å². The number of carbonyl (C=O) groups is 1. The van der Waals surface area contributed by atoms with Crippen LogP contribution in [-0.2, 0) is 0 Å². The van der Waals surface area contributed by atoms with E-state index >= 15 is 0 Å². The quantitative estimate of drug-likeness (QED) is 0.741. The number of hydrogen-bond donors (Lipinski definition) is 3. The van der Waals surface area contributed by atoms with Gasteiger partial charge in [0, 0.05) is 6.20 Å². The monoisotopic (exact) mass is 247 g/mol. The van der Waals surface area contributed by atoms with Gasteiger partial charge in [0.1, 0.15) is 17.1 Å². The molecule has 0 aliphatic carbocycles. The van der Waals surface area contributed by atoms with Crippen LogP contribution in [0.1, 0.15) is 35.2 Å². The van der Waals surface area contributed by atoms with Gasteiger partial charge in [-0.3, -0.25) is 4.40 Å². The van der Waals surface area contributed by atoms with Gasteiger partial charge in [-0.05, 0) is 31.5 Å². The summed E-state index contributed by atoms with van der Waals surface area (Å²) >= 11 is 0. The van der Waals surface area contributed by atoms with Gasteiger partial charge in [-0.1, -0.05) is 0 Å². The molecule has 1 aliphatic rings. The van der Waals surface area contributed by atoms with E-state index in [-0.39, 0.29) is 23.0 Å². The lowest BCUT2D eigenvalue weighted by Gasteiger charge is -2.08. The van der Waals surface area contributed by atoms with Crippen molar-refractivity contribution in [2.75, 3.05) is 6.54 Å². The van der Waals surface area contributed by atoms with Crippen molar-refractivity contribution >= 4 is 11.5 Å². The third kappa shape index (κ3) is 1.53. The minimum Gasteiger partial charge on any atom is -0.506 e. The summed E-state index contributed by atoms with van der Waals surface area (Å²) in [6, 6.07) is 3.19. The van der Waals surface area contributed by atoms with Gasteiger partial charge < -0.3 is 15.5 Å². The Morgan fingerprint density at radius 3 is 3.06 bits per heavy atom. The number of hydrogen-bond acceptors (Lipinski definition) is 4. The van der Waals surface area contributed by atoms with Crippen molar-refractivity contribution in [2.24, 2.45) is 0 Å². The number of carboxylic acids is 1. The van der Waals surface area contributed by atoms with Gasteiger partial charge >= 0.3 is 5.97 Å². The van der Waals surface area contributed by atoms with Crippen LogP contribution in [0.15, 0.2) is 18.3 Å². The first kappa shape index (κ1) is 11.0. The van der Waals surface area contributed by atoms with Gasteiger partial charge in [0.05, 0.1) is 6.04 Å². The Morgan fingerprint density at radius 1 is 1.56 bits per heavy atom. The standard InChI is InChI=1S/C12H13N3O3/c16-8-4-2-6-15-10(8)9(12(17)18)14-11(15)7-3-1-5-13-7/h2,4,6-7,13,16H,1,3,5H2,(H,17,18). The van der Waals surface area contributed by atoms with Gasteiger partial charge in [0.15, 0.2) is 5.69 Å². The number of carboxylic acid groups (broad SMARTS) is 1. The number of imidazole rings is 1. The molecule has 3 heterocycles. The van der Waals surface area contributed by atoms with Crippen LogP contribution in [0.3, 0.4) is 0 Å². The summed E-state index contributed by atoms with van der Waals surface area (Å²) in [7, 11) is 0. The molecule has 1 aliphatic heterocycles. The van der Waals surface area contributed by atoms with E-state index in [9.17, 15) is 9.90 Å². The lowest BCUT2D eigenvalue weighted by Crippen LogP contribution is -2.15. The number of aromatic carboxylic acids is 1. The van der Waals surface area contributed by atoms with Gasteiger partial charge in [-0.2, -0.15) is 0 Å². The van der Waals surface area contributed by atoms with E-state index in [4.69, 9.17) is 5.11 Å². The zero-order valence-corrected chi connectivity index (χ0v) is 9.63. The molecular weight excluding hydrogens is 234 g/mol. The highest BCUT2D eigenvalue weighted by molar-refractivity contribution is 5.95. The maximum atomic E-state index is 11.2. The van der Waals surface area contributed by atoms with Crippen molar-refractivity contribution in [3.05, 3.63) is 29.8 Å². The molecule has 0 amide bonds. The van der Waals surface area contributed by atoms with Gasteiger partial charge in [-0.25, -0.2) is 9.78 Å². The van der Waals surface area contributed by atoms with Crippen LogP contribution in [0.25, 0.3) is 5.52 Å². The molecule has 0 bridgehead atoms. The lowest BCUT2D eigenvalue weighted by molar-refractivity contribution is 0.0692. The highest BCUT2D eigenvalue weighted by atomic mass is 16.4. The van der Waals surface area contributed by atoms with E-state index in [2.05, 4.69) is 10.3 Å². The molecule has 18 heavy (non-hydrogen) atoms. The number of pyridine rings is 1. The summed E-state index contributed by atoms with van der Waals surface area (Å²) in [5.41, 5.74) is 0.158. The number of nitrogens with one attached hydrogen (secondary N) is 1. The van der Waals surface area contributed by atoms with Crippen LogP contribution >= 0.6 is 0 Å². The van der Waals surface area contributed by atoms with E-state index in [0.29, 0.717) is 5.82 Å². The van der Waals surface area contributed by atoms with Crippen molar-refractivity contribution < 1.29 is 15.0 Å². The molecule has 6 nitrogen and oxygen atoms in total. The molecule has 2 aromatic heterocycles. The molecule has 0 radical (unpaired) electrons. The Morgan fingerprint density at radius 2 is 2.39 bits per heavy atom. The minimum atomic E-state index is -1.13. The number of aromatic hydroxyl groups is 1. The average Bonchev–Trinajstić information content (AvgIpc) is 2.95. The second-order valence-electron chi connectivity index (χ2n) is 4.38. The summed E-state index contributed by atoms with van der Waals surface area (Å²) in [4.78, 5) is 15.4. The second kappa shape index (κ2) is 3.99. The SMILES string of the molecule is O=C(O)c1nc(C2CCCN2)n2cccc(O)c12. The summed E-state index contributed by atoms with van der Waals surface area (Å²) in [5.74, 6) is -0.541. The maximum Gasteiger partial charge on any atom is 0.356 e. The van der Waals surface area contributed by atoms with Crippen molar-refractivity contribution in [3.63, 3.8) is 0 Å². The van der Waals surface area contributed by atoms with E-state index in [0.717, 1.165) is 19.4 Å². The number of nitrogens with zero attached hydrogens (tertiary/aromatic N) is 2. The molecule has 1 saturated heterocycles. The Kier molecular flexibility index (Phi) is 2.45. The van der Waals surface area contributed by atoms with Crippen molar-refractivity contribution in [1.82, 2.24) is 14.7 Å². The van der Waals surface area contributed by atoms with E-state index in [1.165, 1.54) is 6.07 Å². The zero-order valence-electron chi connectivity index (χ0n) is 9.63. The summed E-state index contributed by atoms with van der Waals surface area (Å²) < 4.78 is 1.65. The molecule has 0 aromatic carbocycles. The molecule has 1 atom stereocenters. The summed E-state index contributed by atoms with van der Waals surface area (Å²) in [6.45, 7) is 0.904. The molecular formula is C12H13N3O3. The molecule has 0 spiro atoms. The fraction of sp³-hybridized carbons (Fsp3) is 0.333. The first-order valence-corrected chi connectivity index (χ1v) is 5.85. The van der Waals surface area contributed by atoms with Crippen molar-refractivity contribution in [2.45, 2.75) is 18.9 Å². The van der Waals surface area contributed by atoms with Gasteiger partial charge in [0.2, 0.25) is 0 Å². The highest BCUT2D eigenvalue weighted by Crippen LogP contribution is 2.29. The summed E-state index contributed by atoms with van der Waals surface area (Å²) in [6.07, 6.45) is 3.69. The predicted molar refractivity (Wildman–Crippen MR) is 63.8 cm³/mol. The number of aromatic nitrogens is 2. The third-order valence-corrected chi connectivity index (χ3v) is 3.24. The second-order valence-corrected chi connectivity index (χ2v) is 4.38. The normalized spacial score (nSPS) is 19.4. The number of fused-ring (bicyclic) bond motifs is 1. The third-order valence-electron chi connectivity index (χ3n) is 3.24. The molecule has 0 saturated carbocycles. The number of rotatable bonds is 2. The van der Waals surface area contributed by atoms with Crippen LogP contribution in [0.4, 0.5) is 0 Å². The molecule has 2 aromatic rings. The first-order valence-electron chi connectivity index (χ1n) is 5.85. The minimum absolute atomic E-state index is 0.0485. The zero-order chi connectivity index (χ0) is 12.7. The summed E-state index contributed by atoms with van der Waals surface area (Å²) in [5, 5.41) is 22.2. The Balaban J connectivity index is 2.26. The lowest BCUT2D eigenvalue weighted by atomic mass is 10.2. The van der Waals surface area contributed by atoms with Crippen molar-refractivity contribution in [1.29, 1.82) is 0 Å². The van der Waals surface area contributed by atoms with Gasteiger partial charge in [0.25, 0.3) is 0 Å². The molecule has 1 unspecified atom stereocenters. The fourth-order valence-electron chi connectivity index (χ4n) is 2.44. The van der Waals surface area contributed by atoms with Gasteiger partial charge in [-0.15, -0.1) is 0 Å². The topological polar surface area (TPSA) is 86.9 Å². The Labute approximate surface area is 103 Å². The first-order chi connectivity index (χ1) is 8.68. The van der Waals surface area contributed by atoms with Crippen LogP contribution in [0.2, 0.25) is 0 Å². The average molecular weight is 247 g/mol. The Hall–Kier alpha value is -2.08. The van der Waals surface area contributed by atoms with E-state index in [1.54, 1.807) is 16.7 Å². The molecule has 94 valence electrons. The smallest absolute Gasteiger partial charge is 0.356 e. The highest BCUT2D eigenvalue weighted by Gasteiger charge is 2.26. The maximum absolute atomic E-state index is 11.2. The predicted octanol–water partition coefficient (Wildman–Crippen LogP) is 1.16.